The van der Waals surface area contributed by atoms with E-state index >= 15 is 0 Å². The third-order valence-corrected chi connectivity index (χ3v) is 5.15. The van der Waals surface area contributed by atoms with Gasteiger partial charge in [0.05, 0.1) is 5.69 Å². The number of hydrogen-bond donors (Lipinski definition) is 2. The van der Waals surface area contributed by atoms with Gasteiger partial charge in [0.15, 0.2) is 0 Å². The summed E-state index contributed by atoms with van der Waals surface area (Å²) in [5.74, 6) is 0. The lowest BCUT2D eigenvalue weighted by Gasteiger charge is -2.16. The number of nitrogens with one attached hydrogen (secondary N) is 2. The number of carbonyl (C=O) groups is 1. The number of carbonyl (C=O) groups excluding carboxylic acids is 1. The first kappa shape index (κ1) is 16.5. The Balaban J connectivity index is 1.25. The fourth-order valence-corrected chi connectivity index (χ4v) is 3.65. The first-order valence-corrected chi connectivity index (χ1v) is 9.25. The van der Waals surface area contributed by atoms with Crippen LogP contribution in [0.3, 0.4) is 0 Å². The Hall–Kier alpha value is -3.67. The van der Waals surface area contributed by atoms with Gasteiger partial charge in [-0.2, -0.15) is 0 Å². The minimum atomic E-state index is -0.0369. The average molecular weight is 369 g/mol. The summed E-state index contributed by atoms with van der Waals surface area (Å²) < 4.78 is 0. The molecule has 0 unspecified atom stereocenters. The number of nitrogens with zero attached hydrogens (tertiary/aromatic N) is 3. The molecule has 0 aliphatic carbocycles. The van der Waals surface area contributed by atoms with Crippen LogP contribution in [0.25, 0.3) is 22.3 Å². The summed E-state index contributed by atoms with van der Waals surface area (Å²) in [5.41, 5.74) is 6.25. The molecule has 5 rings (SSSR count). The van der Waals surface area contributed by atoms with Crippen LogP contribution in [0.5, 0.6) is 0 Å². The van der Waals surface area contributed by atoms with Crippen molar-refractivity contribution in [2.45, 2.75) is 19.6 Å². The van der Waals surface area contributed by atoms with Gasteiger partial charge in [0.1, 0.15) is 12.0 Å². The lowest BCUT2D eigenvalue weighted by atomic mass is 10.1. The molecule has 2 aromatic carbocycles. The summed E-state index contributed by atoms with van der Waals surface area (Å²) in [5, 5.41) is 4.01. The quantitative estimate of drug-likeness (QED) is 0.576. The SMILES string of the molecule is O=C(NCc1ccc(-c2ncnc3[nH]ccc23)cc1)N1Cc2ccccc2C1. The molecule has 2 amide bonds. The summed E-state index contributed by atoms with van der Waals surface area (Å²) in [6.07, 6.45) is 3.43. The zero-order valence-corrected chi connectivity index (χ0v) is 15.2. The predicted molar refractivity (Wildman–Crippen MR) is 107 cm³/mol. The molecule has 2 aromatic heterocycles. The number of amides is 2. The second-order valence-corrected chi connectivity index (χ2v) is 6.94. The van der Waals surface area contributed by atoms with Crippen molar-refractivity contribution in [2.75, 3.05) is 0 Å². The van der Waals surface area contributed by atoms with Crippen LogP contribution in [0.15, 0.2) is 67.1 Å². The lowest BCUT2D eigenvalue weighted by molar-refractivity contribution is 0.198. The molecule has 1 aliphatic rings. The van der Waals surface area contributed by atoms with E-state index in [0.29, 0.717) is 19.6 Å². The number of hydrogen-bond acceptors (Lipinski definition) is 3. The average Bonchev–Trinajstić information content (AvgIpc) is 3.39. The molecular weight excluding hydrogens is 350 g/mol. The number of rotatable bonds is 3. The minimum Gasteiger partial charge on any atom is -0.346 e. The fourth-order valence-electron chi connectivity index (χ4n) is 3.65. The van der Waals surface area contributed by atoms with Crippen molar-refractivity contribution in [2.24, 2.45) is 0 Å². The van der Waals surface area contributed by atoms with Crippen molar-refractivity contribution in [1.29, 1.82) is 0 Å². The normalized spacial score (nSPS) is 12.9. The van der Waals surface area contributed by atoms with Gasteiger partial charge in [-0.3, -0.25) is 0 Å². The number of fused-ring (bicyclic) bond motifs is 2. The van der Waals surface area contributed by atoms with E-state index in [1.165, 1.54) is 11.1 Å². The smallest absolute Gasteiger partial charge is 0.318 e. The van der Waals surface area contributed by atoms with E-state index in [4.69, 9.17) is 0 Å². The number of aromatic amines is 1. The van der Waals surface area contributed by atoms with Crippen molar-refractivity contribution in [3.8, 4) is 11.3 Å². The molecule has 1 aliphatic heterocycles. The van der Waals surface area contributed by atoms with E-state index in [1.807, 2.05) is 53.6 Å². The van der Waals surface area contributed by atoms with Crippen molar-refractivity contribution in [1.82, 2.24) is 25.2 Å². The van der Waals surface area contributed by atoms with E-state index in [1.54, 1.807) is 6.33 Å². The van der Waals surface area contributed by atoms with Crippen molar-refractivity contribution in [3.05, 3.63) is 83.8 Å². The Bertz CT molecular complexity index is 1120. The molecule has 28 heavy (non-hydrogen) atoms. The molecule has 6 heteroatoms. The maximum Gasteiger partial charge on any atom is 0.318 e. The van der Waals surface area contributed by atoms with Gasteiger partial charge in [-0.05, 0) is 22.8 Å². The number of aromatic nitrogens is 3. The lowest BCUT2D eigenvalue weighted by Crippen LogP contribution is -2.35. The van der Waals surface area contributed by atoms with Gasteiger partial charge in [0, 0.05) is 36.8 Å². The molecule has 0 fully saturated rings. The molecule has 0 radical (unpaired) electrons. The molecule has 0 bridgehead atoms. The third kappa shape index (κ3) is 2.99. The summed E-state index contributed by atoms with van der Waals surface area (Å²) in [7, 11) is 0. The van der Waals surface area contributed by atoms with E-state index < -0.39 is 0 Å². The predicted octanol–water partition coefficient (Wildman–Crippen LogP) is 3.85. The highest BCUT2D eigenvalue weighted by atomic mass is 16.2. The van der Waals surface area contributed by atoms with Gasteiger partial charge in [0.2, 0.25) is 0 Å². The van der Waals surface area contributed by atoms with Crippen LogP contribution in [-0.2, 0) is 19.6 Å². The maximum atomic E-state index is 12.5. The highest BCUT2D eigenvalue weighted by Crippen LogP contribution is 2.25. The number of H-pyrrole nitrogens is 1. The molecule has 0 saturated carbocycles. The summed E-state index contributed by atoms with van der Waals surface area (Å²) in [6, 6.07) is 18.2. The zero-order valence-electron chi connectivity index (χ0n) is 15.2. The van der Waals surface area contributed by atoms with Crippen LogP contribution in [0.2, 0.25) is 0 Å². The van der Waals surface area contributed by atoms with Crippen molar-refractivity contribution in [3.63, 3.8) is 0 Å². The Morgan fingerprint density at radius 1 is 1.00 bits per heavy atom. The fraction of sp³-hybridized carbons (Fsp3) is 0.136. The maximum absolute atomic E-state index is 12.5. The minimum absolute atomic E-state index is 0.0369. The van der Waals surface area contributed by atoms with Gasteiger partial charge in [-0.25, -0.2) is 14.8 Å². The Morgan fingerprint density at radius 3 is 2.50 bits per heavy atom. The van der Waals surface area contributed by atoms with Crippen molar-refractivity contribution >= 4 is 17.1 Å². The van der Waals surface area contributed by atoms with Gasteiger partial charge in [-0.15, -0.1) is 0 Å². The van der Waals surface area contributed by atoms with E-state index in [0.717, 1.165) is 27.9 Å². The largest absolute Gasteiger partial charge is 0.346 e. The van der Waals surface area contributed by atoms with Crippen LogP contribution < -0.4 is 5.32 Å². The van der Waals surface area contributed by atoms with Gasteiger partial charge in [-0.1, -0.05) is 48.5 Å². The molecule has 0 spiro atoms. The molecule has 0 atom stereocenters. The monoisotopic (exact) mass is 369 g/mol. The Labute approximate surface area is 162 Å². The first-order valence-electron chi connectivity index (χ1n) is 9.25. The second-order valence-electron chi connectivity index (χ2n) is 6.94. The van der Waals surface area contributed by atoms with Crippen LogP contribution in [0.4, 0.5) is 4.79 Å². The highest BCUT2D eigenvalue weighted by molar-refractivity contribution is 5.90. The van der Waals surface area contributed by atoms with Gasteiger partial charge >= 0.3 is 6.03 Å². The van der Waals surface area contributed by atoms with Crippen LogP contribution in [-0.4, -0.2) is 25.9 Å². The van der Waals surface area contributed by atoms with E-state index in [-0.39, 0.29) is 6.03 Å². The van der Waals surface area contributed by atoms with Gasteiger partial charge < -0.3 is 15.2 Å². The van der Waals surface area contributed by atoms with E-state index in [2.05, 4.69) is 32.4 Å². The van der Waals surface area contributed by atoms with Crippen LogP contribution >= 0.6 is 0 Å². The molecule has 6 nitrogen and oxygen atoms in total. The number of urea groups is 1. The molecule has 0 saturated heterocycles. The molecule has 2 N–H and O–H groups in total. The zero-order chi connectivity index (χ0) is 18.9. The molecule has 138 valence electrons. The highest BCUT2D eigenvalue weighted by Gasteiger charge is 2.22. The van der Waals surface area contributed by atoms with Crippen LogP contribution in [0.1, 0.15) is 16.7 Å². The third-order valence-electron chi connectivity index (χ3n) is 5.15. The Kier molecular flexibility index (Phi) is 4.01. The molecular formula is C22H19N5O. The number of benzene rings is 2. The molecule has 4 aromatic rings. The Morgan fingerprint density at radius 2 is 1.75 bits per heavy atom. The van der Waals surface area contributed by atoms with Crippen LogP contribution in [0, 0.1) is 0 Å². The van der Waals surface area contributed by atoms with E-state index in [9.17, 15) is 4.79 Å². The van der Waals surface area contributed by atoms with Crippen molar-refractivity contribution < 1.29 is 4.79 Å². The standard InChI is InChI=1S/C22H19N5O/c28-22(27-12-17-3-1-2-4-18(17)13-27)24-11-15-5-7-16(8-6-15)20-19-9-10-23-21(19)26-14-25-20/h1-10,14H,11-13H2,(H,24,28)(H,23,25,26). The second kappa shape index (κ2) is 6.81. The van der Waals surface area contributed by atoms with Gasteiger partial charge in [0.25, 0.3) is 0 Å². The summed E-state index contributed by atoms with van der Waals surface area (Å²) >= 11 is 0. The summed E-state index contributed by atoms with van der Waals surface area (Å²) in [4.78, 5) is 26.1. The summed E-state index contributed by atoms with van der Waals surface area (Å²) in [6.45, 7) is 1.83. The topological polar surface area (TPSA) is 73.9 Å². The first-order chi connectivity index (χ1) is 13.8. The molecule has 3 heterocycles.